The second-order valence-electron chi connectivity index (χ2n) is 13.9. The third kappa shape index (κ3) is 5.29. The summed E-state index contributed by atoms with van der Waals surface area (Å²) >= 11 is 0. The van der Waals surface area contributed by atoms with Gasteiger partial charge in [-0.05, 0) is 46.5 Å². The van der Waals surface area contributed by atoms with Gasteiger partial charge in [0.05, 0.1) is 0 Å². The van der Waals surface area contributed by atoms with Crippen LogP contribution in [0, 0.1) is 0 Å². The van der Waals surface area contributed by atoms with E-state index in [9.17, 15) is 0 Å². The molecule has 56 heavy (non-hydrogen) atoms. The Morgan fingerprint density at radius 1 is 0.286 bits per heavy atom. The third-order valence-electron chi connectivity index (χ3n) is 10.5. The average molecular weight is 718 g/mol. The number of furan rings is 2. The van der Waals surface area contributed by atoms with Crippen LogP contribution in [0.1, 0.15) is 0 Å². The standard InChI is InChI=1S/C51H31N3O2/c1-5-16-32(17-6-1)43-45-39-26-13-14-27-41(39)55-47(45)44(33-18-7-2-8-19-33)46-40-31-37(28-29-42(40)56-48(43)46)36-24-15-25-38(30-36)51-53-49(34-20-9-3-10-21-34)52-50(54-51)35-22-11-4-12-23-35/h1-31H. The molecule has 0 aliphatic heterocycles. The Bertz CT molecular complexity index is 3170. The quantitative estimate of drug-likeness (QED) is 0.171. The Morgan fingerprint density at radius 2 is 0.696 bits per heavy atom. The van der Waals surface area contributed by atoms with Crippen molar-refractivity contribution < 1.29 is 8.83 Å². The van der Waals surface area contributed by atoms with Crippen molar-refractivity contribution in [3.63, 3.8) is 0 Å². The van der Waals surface area contributed by atoms with Crippen molar-refractivity contribution in [1.29, 1.82) is 0 Å². The Morgan fingerprint density at radius 3 is 1.27 bits per heavy atom. The van der Waals surface area contributed by atoms with Crippen LogP contribution in [0.5, 0.6) is 0 Å². The molecule has 0 bridgehead atoms. The van der Waals surface area contributed by atoms with Crippen LogP contribution in [0.15, 0.2) is 197 Å². The Kier molecular flexibility index (Phi) is 7.42. The molecule has 0 aliphatic carbocycles. The number of aromatic nitrogens is 3. The number of hydrogen-bond donors (Lipinski definition) is 0. The van der Waals surface area contributed by atoms with Crippen LogP contribution in [0.25, 0.3) is 111 Å². The summed E-state index contributed by atoms with van der Waals surface area (Å²) in [7, 11) is 0. The fraction of sp³-hybridized carbons (Fsp3) is 0. The van der Waals surface area contributed by atoms with Crippen molar-refractivity contribution in [2.45, 2.75) is 0 Å². The van der Waals surface area contributed by atoms with E-state index in [1.54, 1.807) is 0 Å². The Balaban J connectivity index is 1.15. The van der Waals surface area contributed by atoms with E-state index >= 15 is 0 Å². The van der Waals surface area contributed by atoms with Crippen LogP contribution in [0.3, 0.4) is 0 Å². The maximum Gasteiger partial charge on any atom is 0.164 e. The van der Waals surface area contributed by atoms with Crippen molar-refractivity contribution in [3.8, 4) is 67.5 Å². The maximum absolute atomic E-state index is 6.95. The lowest BCUT2D eigenvalue weighted by Gasteiger charge is -2.11. The molecule has 5 heteroatoms. The van der Waals surface area contributed by atoms with E-state index in [4.69, 9.17) is 23.8 Å². The van der Waals surface area contributed by atoms with Gasteiger partial charge in [0.25, 0.3) is 0 Å². The maximum atomic E-state index is 6.95. The van der Waals surface area contributed by atoms with E-state index in [1.807, 2.05) is 84.9 Å². The zero-order valence-electron chi connectivity index (χ0n) is 30.1. The van der Waals surface area contributed by atoms with Crippen LogP contribution in [0.2, 0.25) is 0 Å². The van der Waals surface area contributed by atoms with Crippen molar-refractivity contribution in [1.82, 2.24) is 15.0 Å². The van der Waals surface area contributed by atoms with E-state index in [0.29, 0.717) is 17.5 Å². The summed E-state index contributed by atoms with van der Waals surface area (Å²) in [6.07, 6.45) is 0. The average Bonchev–Trinajstić information content (AvgIpc) is 3.85. The number of nitrogens with zero attached hydrogens (tertiary/aromatic N) is 3. The monoisotopic (exact) mass is 717 g/mol. The summed E-state index contributed by atoms with van der Waals surface area (Å²) in [5.41, 5.74) is 12.4. The van der Waals surface area contributed by atoms with Crippen molar-refractivity contribution in [2.24, 2.45) is 0 Å². The minimum atomic E-state index is 0.612. The second kappa shape index (κ2) is 13.0. The summed E-state index contributed by atoms with van der Waals surface area (Å²) in [6.45, 7) is 0. The molecule has 0 amide bonds. The first-order chi connectivity index (χ1) is 27.8. The minimum Gasteiger partial charge on any atom is -0.455 e. The molecular formula is C51H31N3O2. The number of hydrogen-bond acceptors (Lipinski definition) is 5. The highest BCUT2D eigenvalue weighted by atomic mass is 16.3. The van der Waals surface area contributed by atoms with Gasteiger partial charge in [0.1, 0.15) is 22.3 Å². The van der Waals surface area contributed by atoms with Crippen LogP contribution >= 0.6 is 0 Å². The first-order valence-electron chi connectivity index (χ1n) is 18.7. The fourth-order valence-electron chi connectivity index (χ4n) is 7.93. The summed E-state index contributed by atoms with van der Waals surface area (Å²) in [6, 6.07) is 64.3. The van der Waals surface area contributed by atoms with Gasteiger partial charge in [0, 0.05) is 49.4 Å². The molecule has 0 saturated heterocycles. The Labute approximate surface area is 322 Å². The van der Waals surface area contributed by atoms with Crippen LogP contribution in [0.4, 0.5) is 0 Å². The molecule has 0 fully saturated rings. The van der Waals surface area contributed by atoms with E-state index in [1.165, 1.54) is 0 Å². The lowest BCUT2D eigenvalue weighted by Crippen LogP contribution is -2.00. The molecule has 11 aromatic rings. The van der Waals surface area contributed by atoms with Gasteiger partial charge in [-0.3, -0.25) is 0 Å². The second-order valence-corrected chi connectivity index (χ2v) is 13.9. The molecule has 8 aromatic carbocycles. The molecule has 0 N–H and O–H groups in total. The zero-order valence-corrected chi connectivity index (χ0v) is 30.1. The SMILES string of the molecule is c1ccc(-c2nc(-c3ccccc3)nc(-c3cccc(-c4ccc5oc6c(-c7ccccc7)c7c(oc8ccccc87)c(-c7ccccc7)c6c5c4)c3)n2)cc1. The van der Waals surface area contributed by atoms with E-state index in [-0.39, 0.29) is 0 Å². The van der Waals surface area contributed by atoms with Gasteiger partial charge >= 0.3 is 0 Å². The number of benzene rings is 8. The van der Waals surface area contributed by atoms with Gasteiger partial charge in [-0.15, -0.1) is 0 Å². The summed E-state index contributed by atoms with van der Waals surface area (Å²) in [5, 5.41) is 4.14. The van der Waals surface area contributed by atoms with Gasteiger partial charge < -0.3 is 8.83 Å². The van der Waals surface area contributed by atoms with Crippen molar-refractivity contribution >= 4 is 43.9 Å². The van der Waals surface area contributed by atoms with Crippen molar-refractivity contribution in [3.05, 3.63) is 188 Å². The van der Waals surface area contributed by atoms with E-state index in [2.05, 4.69) is 103 Å². The molecule has 0 spiro atoms. The van der Waals surface area contributed by atoms with Crippen LogP contribution in [-0.2, 0) is 0 Å². The molecule has 0 saturated carbocycles. The Hall–Kier alpha value is -7.63. The highest BCUT2D eigenvalue weighted by Crippen LogP contribution is 2.50. The predicted molar refractivity (Wildman–Crippen MR) is 227 cm³/mol. The molecule has 5 nitrogen and oxygen atoms in total. The van der Waals surface area contributed by atoms with Crippen LogP contribution in [-0.4, -0.2) is 15.0 Å². The van der Waals surface area contributed by atoms with Gasteiger partial charge in [0.15, 0.2) is 17.5 Å². The topological polar surface area (TPSA) is 65.0 Å². The largest absolute Gasteiger partial charge is 0.455 e. The van der Waals surface area contributed by atoms with Gasteiger partial charge in [0.2, 0.25) is 0 Å². The predicted octanol–water partition coefficient (Wildman–Crippen LogP) is 13.7. The van der Waals surface area contributed by atoms with Gasteiger partial charge in [-0.1, -0.05) is 164 Å². The highest BCUT2D eigenvalue weighted by molar-refractivity contribution is 6.30. The number of para-hydroxylation sites is 1. The van der Waals surface area contributed by atoms with Crippen LogP contribution < -0.4 is 0 Å². The lowest BCUT2D eigenvalue weighted by molar-refractivity contribution is 0.665. The first kappa shape index (κ1) is 31.9. The van der Waals surface area contributed by atoms with Gasteiger partial charge in [-0.2, -0.15) is 0 Å². The smallest absolute Gasteiger partial charge is 0.164 e. The lowest BCUT2D eigenvalue weighted by atomic mass is 9.90. The molecule has 0 atom stereocenters. The van der Waals surface area contributed by atoms with Gasteiger partial charge in [-0.25, -0.2) is 15.0 Å². The number of rotatable bonds is 6. The normalized spacial score (nSPS) is 11.6. The van der Waals surface area contributed by atoms with E-state index < -0.39 is 0 Å². The third-order valence-corrected chi connectivity index (χ3v) is 10.5. The molecule has 3 aromatic heterocycles. The number of fused-ring (bicyclic) bond motifs is 6. The summed E-state index contributed by atoms with van der Waals surface area (Å²) < 4.78 is 13.8. The summed E-state index contributed by atoms with van der Waals surface area (Å²) in [4.78, 5) is 14.9. The fourth-order valence-corrected chi connectivity index (χ4v) is 7.93. The summed E-state index contributed by atoms with van der Waals surface area (Å²) in [5.74, 6) is 1.87. The molecule has 262 valence electrons. The molecule has 0 unspecified atom stereocenters. The molecule has 0 radical (unpaired) electrons. The first-order valence-corrected chi connectivity index (χ1v) is 18.7. The highest BCUT2D eigenvalue weighted by Gasteiger charge is 2.26. The zero-order chi connectivity index (χ0) is 37.0. The van der Waals surface area contributed by atoms with E-state index in [0.717, 1.165) is 93.9 Å². The minimum absolute atomic E-state index is 0.612. The molecule has 3 heterocycles. The molecule has 11 rings (SSSR count). The molecule has 0 aliphatic rings. The van der Waals surface area contributed by atoms with Crippen molar-refractivity contribution in [2.75, 3.05) is 0 Å². The molecular weight excluding hydrogens is 687 g/mol.